The molecule has 28 heavy (non-hydrogen) atoms. The van der Waals surface area contributed by atoms with Crippen molar-refractivity contribution >= 4 is 17.4 Å². The Hall–Kier alpha value is -3.42. The fourth-order valence-corrected chi connectivity index (χ4v) is 2.82. The molecule has 146 valence electrons. The number of rotatable bonds is 7. The molecule has 1 aromatic carbocycles. The average molecular weight is 383 g/mol. The van der Waals surface area contributed by atoms with E-state index in [0.29, 0.717) is 29.8 Å². The molecule has 2 aromatic heterocycles. The van der Waals surface area contributed by atoms with E-state index >= 15 is 0 Å². The summed E-state index contributed by atoms with van der Waals surface area (Å²) in [5.41, 5.74) is 2.60. The predicted molar refractivity (Wildman–Crippen MR) is 104 cm³/mol. The summed E-state index contributed by atoms with van der Waals surface area (Å²) in [7, 11) is 4.76. The Morgan fingerprint density at radius 1 is 1.25 bits per heavy atom. The molecule has 0 saturated heterocycles. The van der Waals surface area contributed by atoms with Crippen LogP contribution in [0.2, 0.25) is 0 Å². The molecule has 0 fully saturated rings. The predicted octanol–water partition coefficient (Wildman–Crippen LogP) is 2.85. The number of halogens is 1. The maximum Gasteiger partial charge on any atom is 0.251 e. The lowest BCUT2D eigenvalue weighted by molar-refractivity contribution is 0.0962. The zero-order valence-corrected chi connectivity index (χ0v) is 16.0. The van der Waals surface area contributed by atoms with Crippen LogP contribution in [0.3, 0.4) is 0 Å². The second-order valence-electron chi connectivity index (χ2n) is 6.31. The van der Waals surface area contributed by atoms with E-state index in [-0.39, 0.29) is 11.7 Å². The van der Waals surface area contributed by atoms with Crippen LogP contribution in [0.4, 0.5) is 15.9 Å². The van der Waals surface area contributed by atoms with Crippen molar-refractivity contribution in [3.8, 4) is 5.75 Å². The number of carbonyl (C=O) groups is 1. The Morgan fingerprint density at radius 2 is 2.07 bits per heavy atom. The van der Waals surface area contributed by atoms with Gasteiger partial charge in [0.05, 0.1) is 19.0 Å². The van der Waals surface area contributed by atoms with E-state index in [9.17, 15) is 9.18 Å². The van der Waals surface area contributed by atoms with Crippen LogP contribution < -0.4 is 15.4 Å². The largest absolute Gasteiger partial charge is 0.494 e. The SMILES string of the molecule is CNC(=O)c1cc(CCc2ccc(Nc3cnn(C)c3)nc2)c(F)c(OC)c1. The summed E-state index contributed by atoms with van der Waals surface area (Å²) in [5, 5.41) is 9.80. The quantitative estimate of drug-likeness (QED) is 0.656. The summed E-state index contributed by atoms with van der Waals surface area (Å²) in [5.74, 6) is 0.0291. The van der Waals surface area contributed by atoms with Gasteiger partial charge in [-0.1, -0.05) is 6.07 Å². The number of nitrogens with zero attached hydrogens (tertiary/aromatic N) is 3. The minimum atomic E-state index is -0.446. The number of pyridine rings is 1. The molecule has 0 atom stereocenters. The molecule has 8 heteroatoms. The second-order valence-corrected chi connectivity index (χ2v) is 6.31. The van der Waals surface area contributed by atoms with Crippen molar-refractivity contribution in [2.75, 3.05) is 19.5 Å². The minimum absolute atomic E-state index is 0.0604. The molecule has 0 radical (unpaired) electrons. The summed E-state index contributed by atoms with van der Waals surface area (Å²) in [6.07, 6.45) is 6.31. The average Bonchev–Trinajstić information content (AvgIpc) is 3.12. The number of hydrogen-bond donors (Lipinski definition) is 2. The second kappa shape index (κ2) is 8.51. The van der Waals surface area contributed by atoms with E-state index < -0.39 is 5.82 Å². The molecule has 3 rings (SSSR count). The summed E-state index contributed by atoms with van der Waals surface area (Å²) in [6.45, 7) is 0. The van der Waals surface area contributed by atoms with E-state index in [1.807, 2.05) is 25.4 Å². The van der Waals surface area contributed by atoms with Crippen LogP contribution in [0, 0.1) is 5.82 Å². The van der Waals surface area contributed by atoms with Crippen molar-refractivity contribution in [3.05, 3.63) is 65.4 Å². The van der Waals surface area contributed by atoms with E-state index in [2.05, 4.69) is 20.7 Å². The highest BCUT2D eigenvalue weighted by atomic mass is 19.1. The van der Waals surface area contributed by atoms with Gasteiger partial charge < -0.3 is 15.4 Å². The molecule has 3 aromatic rings. The van der Waals surface area contributed by atoms with Crippen LogP contribution in [-0.4, -0.2) is 34.8 Å². The minimum Gasteiger partial charge on any atom is -0.494 e. The summed E-state index contributed by atoms with van der Waals surface area (Å²) >= 11 is 0. The van der Waals surface area contributed by atoms with Gasteiger partial charge in [-0.15, -0.1) is 0 Å². The first-order chi connectivity index (χ1) is 13.5. The lowest BCUT2D eigenvalue weighted by Crippen LogP contribution is -2.18. The maximum absolute atomic E-state index is 14.5. The molecule has 1 amide bonds. The standard InChI is InChI=1S/C20H22FN5O2/c1-22-20(27)15-8-14(19(21)17(9-15)28-3)6-4-13-5-7-18(23-10-13)25-16-11-24-26(2)12-16/h5,7-12H,4,6H2,1-3H3,(H,22,27)(H,23,25). The van der Waals surface area contributed by atoms with Gasteiger partial charge in [-0.05, 0) is 42.2 Å². The maximum atomic E-state index is 14.5. The van der Waals surface area contributed by atoms with Crippen molar-refractivity contribution < 1.29 is 13.9 Å². The summed E-state index contributed by atoms with van der Waals surface area (Å²) < 4.78 is 21.3. The molecule has 0 aliphatic heterocycles. The number of methoxy groups -OCH3 is 1. The number of benzene rings is 1. The van der Waals surface area contributed by atoms with Gasteiger partial charge in [-0.25, -0.2) is 9.37 Å². The number of anilines is 2. The highest BCUT2D eigenvalue weighted by Gasteiger charge is 2.15. The topological polar surface area (TPSA) is 81.1 Å². The summed E-state index contributed by atoms with van der Waals surface area (Å²) in [4.78, 5) is 16.3. The molecule has 0 aliphatic carbocycles. The normalized spacial score (nSPS) is 10.6. The monoisotopic (exact) mass is 383 g/mol. The fraction of sp³-hybridized carbons (Fsp3) is 0.250. The first kappa shape index (κ1) is 19.3. The van der Waals surface area contributed by atoms with Crippen molar-refractivity contribution in [1.82, 2.24) is 20.1 Å². The van der Waals surface area contributed by atoms with Crippen molar-refractivity contribution in [2.45, 2.75) is 12.8 Å². The van der Waals surface area contributed by atoms with Gasteiger partial charge in [-0.3, -0.25) is 9.48 Å². The van der Waals surface area contributed by atoms with Gasteiger partial charge in [0.25, 0.3) is 5.91 Å². The van der Waals surface area contributed by atoms with Crippen LogP contribution in [-0.2, 0) is 19.9 Å². The molecule has 0 aliphatic rings. The van der Waals surface area contributed by atoms with Gasteiger partial charge in [0.2, 0.25) is 0 Å². The zero-order chi connectivity index (χ0) is 20.1. The van der Waals surface area contributed by atoms with Gasteiger partial charge >= 0.3 is 0 Å². The lowest BCUT2D eigenvalue weighted by atomic mass is 10.0. The van der Waals surface area contributed by atoms with Gasteiger partial charge in [0.1, 0.15) is 5.82 Å². The Kier molecular flexibility index (Phi) is 5.88. The highest BCUT2D eigenvalue weighted by Crippen LogP contribution is 2.24. The third-order valence-corrected chi connectivity index (χ3v) is 4.31. The zero-order valence-electron chi connectivity index (χ0n) is 16.0. The molecule has 2 heterocycles. The number of nitrogens with one attached hydrogen (secondary N) is 2. The van der Waals surface area contributed by atoms with E-state index in [1.54, 1.807) is 23.1 Å². The first-order valence-electron chi connectivity index (χ1n) is 8.79. The first-order valence-corrected chi connectivity index (χ1v) is 8.79. The van der Waals surface area contributed by atoms with Gasteiger partial charge in [0.15, 0.2) is 11.6 Å². The number of aryl methyl sites for hydroxylation is 3. The molecule has 0 spiro atoms. The van der Waals surface area contributed by atoms with Crippen molar-refractivity contribution in [1.29, 1.82) is 0 Å². The van der Waals surface area contributed by atoms with Gasteiger partial charge in [0, 0.05) is 32.1 Å². The Labute approximate surface area is 162 Å². The van der Waals surface area contributed by atoms with Crippen LogP contribution in [0.5, 0.6) is 5.75 Å². The van der Waals surface area contributed by atoms with Gasteiger partial charge in [-0.2, -0.15) is 5.10 Å². The van der Waals surface area contributed by atoms with Crippen LogP contribution in [0.15, 0.2) is 42.9 Å². The third-order valence-electron chi connectivity index (χ3n) is 4.31. The highest BCUT2D eigenvalue weighted by molar-refractivity contribution is 5.94. The van der Waals surface area contributed by atoms with Crippen LogP contribution >= 0.6 is 0 Å². The Morgan fingerprint density at radius 3 is 2.68 bits per heavy atom. The number of aromatic nitrogens is 3. The number of amides is 1. The molecule has 0 bridgehead atoms. The number of hydrogen-bond acceptors (Lipinski definition) is 5. The molecular formula is C20H22FN5O2. The van der Waals surface area contributed by atoms with E-state index in [0.717, 1.165) is 11.3 Å². The smallest absolute Gasteiger partial charge is 0.251 e. The Balaban J connectivity index is 1.70. The molecule has 0 saturated carbocycles. The third kappa shape index (κ3) is 4.46. The lowest BCUT2D eigenvalue weighted by Gasteiger charge is -2.11. The number of ether oxygens (including phenoxy) is 1. The van der Waals surface area contributed by atoms with Crippen molar-refractivity contribution in [3.63, 3.8) is 0 Å². The fourth-order valence-electron chi connectivity index (χ4n) is 2.82. The van der Waals surface area contributed by atoms with Crippen molar-refractivity contribution in [2.24, 2.45) is 7.05 Å². The van der Waals surface area contributed by atoms with Crippen LogP contribution in [0.1, 0.15) is 21.5 Å². The van der Waals surface area contributed by atoms with E-state index in [1.165, 1.54) is 20.2 Å². The molecular weight excluding hydrogens is 361 g/mol. The summed E-state index contributed by atoms with van der Waals surface area (Å²) in [6, 6.07) is 6.75. The van der Waals surface area contributed by atoms with Crippen LogP contribution in [0.25, 0.3) is 0 Å². The molecule has 2 N–H and O–H groups in total. The Bertz CT molecular complexity index is 969. The van der Waals surface area contributed by atoms with E-state index in [4.69, 9.17) is 4.74 Å². The number of carbonyl (C=O) groups excluding carboxylic acids is 1. The molecule has 0 unspecified atom stereocenters. The molecule has 7 nitrogen and oxygen atoms in total.